The molecule has 1 aromatic carbocycles. The van der Waals surface area contributed by atoms with Gasteiger partial charge in [-0.1, -0.05) is 0 Å². The zero-order valence-electron chi connectivity index (χ0n) is 16.6. The lowest BCUT2D eigenvalue weighted by molar-refractivity contribution is 0.580. The van der Waals surface area contributed by atoms with Gasteiger partial charge in [-0.25, -0.2) is 19.9 Å². The van der Waals surface area contributed by atoms with Crippen molar-refractivity contribution in [3.05, 3.63) is 61.2 Å². The molecular formula is C19H20N8O2S. The molecule has 0 spiro atoms. The van der Waals surface area contributed by atoms with Crippen LogP contribution in [0.2, 0.25) is 0 Å². The van der Waals surface area contributed by atoms with Gasteiger partial charge in [-0.15, -0.1) is 9.19 Å². The van der Waals surface area contributed by atoms with Gasteiger partial charge in [-0.3, -0.25) is 0 Å². The fraction of sp³-hybridized carbons (Fsp3) is 0.211. The van der Waals surface area contributed by atoms with E-state index in [0.717, 1.165) is 27.6 Å². The molecule has 4 aromatic rings. The number of aromatic nitrogens is 7. The van der Waals surface area contributed by atoms with Gasteiger partial charge in [0.25, 0.3) is 10.0 Å². The van der Waals surface area contributed by atoms with E-state index in [1.807, 2.05) is 13.0 Å². The van der Waals surface area contributed by atoms with E-state index in [-0.39, 0.29) is 10.9 Å². The molecule has 11 heteroatoms. The first-order chi connectivity index (χ1) is 14.4. The molecule has 0 unspecified atom stereocenters. The van der Waals surface area contributed by atoms with Crippen LogP contribution in [0.4, 0.5) is 11.6 Å². The second-order valence-electron chi connectivity index (χ2n) is 6.84. The smallest absolute Gasteiger partial charge is 0.284 e. The molecule has 3 heterocycles. The van der Waals surface area contributed by atoms with Crippen molar-refractivity contribution in [3.8, 4) is 11.4 Å². The van der Waals surface area contributed by atoms with Gasteiger partial charge in [-0.2, -0.15) is 8.42 Å². The molecule has 0 aliphatic carbocycles. The van der Waals surface area contributed by atoms with Crippen LogP contribution in [0.3, 0.4) is 0 Å². The molecule has 0 bridgehead atoms. The number of hydrogen-bond acceptors (Lipinski definition) is 8. The monoisotopic (exact) mass is 424 g/mol. The Morgan fingerprint density at radius 3 is 2.50 bits per heavy atom. The molecule has 4 rings (SSSR count). The van der Waals surface area contributed by atoms with Gasteiger partial charge in [0.1, 0.15) is 18.5 Å². The number of nitrogens with zero attached hydrogens (tertiary/aromatic N) is 7. The first kappa shape index (κ1) is 19.7. The van der Waals surface area contributed by atoms with E-state index in [1.54, 1.807) is 24.5 Å². The van der Waals surface area contributed by atoms with Gasteiger partial charge >= 0.3 is 0 Å². The highest BCUT2D eigenvalue weighted by molar-refractivity contribution is 7.89. The first-order valence-electron chi connectivity index (χ1n) is 9.21. The number of rotatable bonds is 6. The Balaban J connectivity index is 1.58. The minimum Gasteiger partial charge on any atom is -0.324 e. The van der Waals surface area contributed by atoms with Gasteiger partial charge in [-0.05, 0) is 51.1 Å². The summed E-state index contributed by atoms with van der Waals surface area (Å²) < 4.78 is 27.9. The van der Waals surface area contributed by atoms with Crippen molar-refractivity contribution in [2.24, 2.45) is 0 Å². The fourth-order valence-electron chi connectivity index (χ4n) is 3.13. The normalized spacial score (nSPS) is 11.7. The van der Waals surface area contributed by atoms with E-state index in [2.05, 4.69) is 48.8 Å². The summed E-state index contributed by atoms with van der Waals surface area (Å²) in [4.78, 5) is 17.0. The maximum atomic E-state index is 12.5. The molecule has 10 nitrogen and oxygen atoms in total. The number of hydrogen-bond donors (Lipinski definition) is 1. The zero-order chi connectivity index (χ0) is 21.3. The highest BCUT2D eigenvalue weighted by atomic mass is 32.2. The molecule has 154 valence electrons. The predicted molar refractivity (Wildman–Crippen MR) is 111 cm³/mol. The number of anilines is 2. The molecule has 30 heavy (non-hydrogen) atoms. The molecule has 0 aliphatic heterocycles. The lowest BCUT2D eigenvalue weighted by Gasteiger charge is -2.14. The van der Waals surface area contributed by atoms with Crippen LogP contribution in [0.25, 0.3) is 11.4 Å². The standard InChI is InChI=1S/C19H20N8O2S/c1-13(2)27-14(3)22-10-18(27)17-8-9-21-19(25-17)24-15-4-6-16(7-5-15)30(28,29)26-12-20-11-23-26/h4-13H,1-3H3,(H,21,24,25). The molecule has 0 saturated heterocycles. The van der Waals surface area contributed by atoms with Gasteiger partial charge in [0.05, 0.1) is 22.5 Å². The van der Waals surface area contributed by atoms with E-state index in [1.165, 1.54) is 18.5 Å². The third-order valence-corrected chi connectivity index (χ3v) is 6.02. The highest BCUT2D eigenvalue weighted by Crippen LogP contribution is 2.24. The second-order valence-corrected chi connectivity index (χ2v) is 8.64. The van der Waals surface area contributed by atoms with Crippen molar-refractivity contribution < 1.29 is 8.42 Å². The lowest BCUT2D eigenvalue weighted by Crippen LogP contribution is -2.13. The Hall–Kier alpha value is -3.60. The third kappa shape index (κ3) is 3.66. The maximum absolute atomic E-state index is 12.5. The Labute approximate surface area is 173 Å². The van der Waals surface area contributed by atoms with Crippen LogP contribution in [0.1, 0.15) is 25.7 Å². The first-order valence-corrected chi connectivity index (χ1v) is 10.6. The third-order valence-electron chi connectivity index (χ3n) is 4.47. The number of benzene rings is 1. The van der Waals surface area contributed by atoms with Crippen molar-refractivity contribution >= 4 is 21.7 Å². The zero-order valence-corrected chi connectivity index (χ0v) is 17.4. The summed E-state index contributed by atoms with van der Waals surface area (Å²) in [6.07, 6.45) is 5.78. The minimum absolute atomic E-state index is 0.101. The number of aryl methyl sites for hydroxylation is 1. The summed E-state index contributed by atoms with van der Waals surface area (Å²) in [6, 6.07) is 8.33. The molecule has 1 N–H and O–H groups in total. The minimum atomic E-state index is -3.76. The van der Waals surface area contributed by atoms with Crippen LogP contribution in [-0.2, 0) is 10.0 Å². The summed E-state index contributed by atoms with van der Waals surface area (Å²) in [5.41, 5.74) is 2.30. The van der Waals surface area contributed by atoms with Crippen molar-refractivity contribution in [2.75, 3.05) is 5.32 Å². The van der Waals surface area contributed by atoms with E-state index in [0.29, 0.717) is 11.6 Å². The molecule has 0 atom stereocenters. The van der Waals surface area contributed by atoms with Gasteiger partial charge in [0, 0.05) is 17.9 Å². The molecule has 0 amide bonds. The van der Waals surface area contributed by atoms with Crippen LogP contribution in [-0.4, -0.2) is 42.1 Å². The summed E-state index contributed by atoms with van der Waals surface area (Å²) >= 11 is 0. The quantitative estimate of drug-likeness (QED) is 0.502. The van der Waals surface area contributed by atoms with Crippen molar-refractivity contribution in [1.82, 2.24) is 33.7 Å². The Morgan fingerprint density at radius 2 is 1.83 bits per heavy atom. The molecule has 0 radical (unpaired) electrons. The topological polar surface area (TPSA) is 120 Å². The van der Waals surface area contributed by atoms with Crippen LogP contribution < -0.4 is 5.32 Å². The Kier molecular flexibility index (Phi) is 5.04. The van der Waals surface area contributed by atoms with Crippen LogP contribution in [0.5, 0.6) is 0 Å². The number of imidazole rings is 1. The van der Waals surface area contributed by atoms with E-state index >= 15 is 0 Å². The average Bonchev–Trinajstić information content (AvgIpc) is 3.39. The Morgan fingerprint density at radius 1 is 1.07 bits per heavy atom. The van der Waals surface area contributed by atoms with E-state index < -0.39 is 10.0 Å². The largest absolute Gasteiger partial charge is 0.324 e. The molecule has 0 aliphatic rings. The van der Waals surface area contributed by atoms with Crippen LogP contribution in [0, 0.1) is 6.92 Å². The fourth-order valence-corrected chi connectivity index (χ4v) is 4.17. The van der Waals surface area contributed by atoms with E-state index in [9.17, 15) is 8.42 Å². The van der Waals surface area contributed by atoms with Crippen molar-refractivity contribution in [2.45, 2.75) is 31.7 Å². The Bertz CT molecular complexity index is 1260. The second kappa shape index (κ2) is 7.67. The van der Waals surface area contributed by atoms with E-state index in [4.69, 9.17) is 0 Å². The molecule has 0 fully saturated rings. The summed E-state index contributed by atoms with van der Waals surface area (Å²) in [7, 11) is -3.76. The predicted octanol–water partition coefficient (Wildman–Crippen LogP) is 2.80. The van der Waals surface area contributed by atoms with Crippen molar-refractivity contribution in [1.29, 1.82) is 0 Å². The van der Waals surface area contributed by atoms with Gasteiger partial charge in [0.2, 0.25) is 5.95 Å². The maximum Gasteiger partial charge on any atom is 0.284 e. The van der Waals surface area contributed by atoms with Crippen LogP contribution in [0.15, 0.2) is 60.3 Å². The molecule has 3 aromatic heterocycles. The lowest BCUT2D eigenvalue weighted by atomic mass is 10.2. The van der Waals surface area contributed by atoms with Gasteiger partial charge < -0.3 is 9.88 Å². The SMILES string of the molecule is Cc1ncc(-c2ccnc(Nc3ccc(S(=O)(=O)n4cncn4)cc3)n2)n1C(C)C. The van der Waals surface area contributed by atoms with Crippen molar-refractivity contribution in [3.63, 3.8) is 0 Å². The average molecular weight is 424 g/mol. The molecular weight excluding hydrogens is 404 g/mol. The van der Waals surface area contributed by atoms with Crippen LogP contribution >= 0.6 is 0 Å². The molecule has 0 saturated carbocycles. The summed E-state index contributed by atoms with van der Waals surface area (Å²) in [5, 5.41) is 6.79. The summed E-state index contributed by atoms with van der Waals surface area (Å²) in [5.74, 6) is 1.31. The van der Waals surface area contributed by atoms with Gasteiger partial charge in [0.15, 0.2) is 0 Å². The summed E-state index contributed by atoms with van der Waals surface area (Å²) in [6.45, 7) is 6.14. The highest BCUT2D eigenvalue weighted by Gasteiger charge is 2.17. The number of nitrogens with one attached hydrogen (secondary N) is 1.